The third kappa shape index (κ3) is 6.63. The van der Waals surface area contributed by atoms with Gasteiger partial charge in [-0.3, -0.25) is 9.59 Å². The van der Waals surface area contributed by atoms with Gasteiger partial charge in [-0.25, -0.2) is 0 Å². The molecule has 3 rings (SSSR count). The molecule has 1 saturated carbocycles. The lowest BCUT2D eigenvalue weighted by molar-refractivity contribution is -0.138. The monoisotopic (exact) mass is 424 g/mol. The molecule has 2 aromatic rings. The number of rotatable bonds is 9. The number of thioether (sulfide) groups is 1. The van der Waals surface area contributed by atoms with Crippen LogP contribution in [0.1, 0.15) is 49.3 Å². The molecule has 0 unspecified atom stereocenters. The SMILES string of the molecule is Cc1cccc(CN(C(=O)CSCc2ccccc2)[C@H](C)C(=O)NC2CCCC2)c1. The van der Waals surface area contributed by atoms with Crippen molar-refractivity contribution < 1.29 is 9.59 Å². The van der Waals surface area contributed by atoms with Crippen molar-refractivity contribution >= 4 is 23.6 Å². The van der Waals surface area contributed by atoms with E-state index in [1.807, 2.05) is 50.2 Å². The Labute approximate surface area is 184 Å². The first kappa shape index (κ1) is 22.4. The van der Waals surface area contributed by atoms with Crippen molar-refractivity contribution in [3.8, 4) is 0 Å². The number of nitrogens with one attached hydrogen (secondary N) is 1. The summed E-state index contributed by atoms with van der Waals surface area (Å²) in [6.07, 6.45) is 4.41. The zero-order chi connectivity index (χ0) is 21.3. The van der Waals surface area contributed by atoms with Crippen molar-refractivity contribution in [3.63, 3.8) is 0 Å². The maximum atomic E-state index is 13.1. The van der Waals surface area contributed by atoms with Crippen molar-refractivity contribution in [3.05, 3.63) is 71.3 Å². The molecular weight excluding hydrogens is 392 g/mol. The summed E-state index contributed by atoms with van der Waals surface area (Å²) in [5.74, 6) is 1.11. The van der Waals surface area contributed by atoms with Gasteiger partial charge in [0, 0.05) is 18.3 Å². The van der Waals surface area contributed by atoms with Gasteiger partial charge in [-0.2, -0.15) is 0 Å². The number of hydrogen-bond acceptors (Lipinski definition) is 3. The molecule has 0 saturated heterocycles. The lowest BCUT2D eigenvalue weighted by atomic mass is 10.1. The van der Waals surface area contributed by atoms with Crippen molar-refractivity contribution in [2.75, 3.05) is 5.75 Å². The Balaban J connectivity index is 1.65. The van der Waals surface area contributed by atoms with Gasteiger partial charge in [-0.05, 0) is 37.8 Å². The predicted molar refractivity (Wildman–Crippen MR) is 124 cm³/mol. The van der Waals surface area contributed by atoms with Crippen LogP contribution in [0.2, 0.25) is 0 Å². The number of carbonyl (C=O) groups is 2. The van der Waals surface area contributed by atoms with Crippen molar-refractivity contribution in [1.82, 2.24) is 10.2 Å². The zero-order valence-electron chi connectivity index (χ0n) is 18.0. The van der Waals surface area contributed by atoms with E-state index in [-0.39, 0.29) is 17.9 Å². The molecule has 1 aliphatic carbocycles. The molecule has 1 atom stereocenters. The molecule has 4 nitrogen and oxygen atoms in total. The molecule has 0 heterocycles. The largest absolute Gasteiger partial charge is 0.352 e. The summed E-state index contributed by atoms with van der Waals surface area (Å²) in [7, 11) is 0. The molecule has 1 fully saturated rings. The molecule has 2 amide bonds. The van der Waals surface area contributed by atoms with E-state index in [0.717, 1.165) is 29.7 Å². The maximum absolute atomic E-state index is 13.1. The minimum atomic E-state index is -0.490. The molecule has 0 radical (unpaired) electrons. The van der Waals surface area contributed by atoms with E-state index in [4.69, 9.17) is 0 Å². The lowest BCUT2D eigenvalue weighted by Gasteiger charge is -2.30. The summed E-state index contributed by atoms with van der Waals surface area (Å²) in [6, 6.07) is 18.1. The fourth-order valence-electron chi connectivity index (χ4n) is 3.90. The predicted octanol–water partition coefficient (Wildman–Crippen LogP) is 4.70. The molecule has 1 N–H and O–H groups in total. The van der Waals surface area contributed by atoms with Gasteiger partial charge in [-0.1, -0.05) is 73.0 Å². The van der Waals surface area contributed by atoms with E-state index in [1.165, 1.54) is 18.4 Å². The number of amides is 2. The third-order valence-electron chi connectivity index (χ3n) is 5.64. The van der Waals surface area contributed by atoms with Crippen LogP contribution in [0.3, 0.4) is 0 Å². The Bertz CT molecular complexity index is 834. The number of hydrogen-bond donors (Lipinski definition) is 1. The first-order valence-corrected chi connectivity index (χ1v) is 12.0. The summed E-state index contributed by atoms with van der Waals surface area (Å²) in [5.41, 5.74) is 3.41. The lowest BCUT2D eigenvalue weighted by Crippen LogP contribution is -2.50. The molecule has 0 bridgehead atoms. The highest BCUT2D eigenvalue weighted by Crippen LogP contribution is 2.19. The summed E-state index contributed by atoms with van der Waals surface area (Å²) in [5, 5.41) is 3.15. The second-order valence-corrected chi connectivity index (χ2v) is 9.14. The number of benzene rings is 2. The summed E-state index contributed by atoms with van der Waals surface area (Å²) in [6.45, 7) is 4.34. The Kier molecular flexibility index (Phi) is 8.38. The molecule has 0 aliphatic heterocycles. The molecule has 1 aliphatic rings. The van der Waals surface area contributed by atoms with Gasteiger partial charge in [0.05, 0.1) is 5.75 Å². The molecular formula is C25H32N2O2S. The Morgan fingerprint density at radius 1 is 1.07 bits per heavy atom. The highest BCUT2D eigenvalue weighted by atomic mass is 32.2. The fourth-order valence-corrected chi connectivity index (χ4v) is 4.77. The van der Waals surface area contributed by atoms with Gasteiger partial charge in [-0.15, -0.1) is 11.8 Å². The minimum absolute atomic E-state index is 0.00603. The number of carbonyl (C=O) groups excluding carboxylic acids is 2. The van der Waals surface area contributed by atoms with Gasteiger partial charge in [0.2, 0.25) is 11.8 Å². The molecule has 160 valence electrons. The molecule has 5 heteroatoms. The first-order chi connectivity index (χ1) is 14.5. The van der Waals surface area contributed by atoms with Crippen molar-refractivity contribution in [2.24, 2.45) is 0 Å². The second kappa shape index (κ2) is 11.2. The van der Waals surface area contributed by atoms with Crippen LogP contribution in [-0.4, -0.2) is 34.6 Å². The first-order valence-electron chi connectivity index (χ1n) is 10.8. The van der Waals surface area contributed by atoms with E-state index in [0.29, 0.717) is 12.3 Å². The maximum Gasteiger partial charge on any atom is 0.242 e. The van der Waals surface area contributed by atoms with Crippen LogP contribution < -0.4 is 5.32 Å². The molecule has 2 aromatic carbocycles. The van der Waals surface area contributed by atoms with E-state index in [2.05, 4.69) is 23.5 Å². The summed E-state index contributed by atoms with van der Waals surface area (Å²) < 4.78 is 0. The minimum Gasteiger partial charge on any atom is -0.352 e. The quantitative estimate of drug-likeness (QED) is 0.634. The fraction of sp³-hybridized carbons (Fsp3) is 0.440. The van der Waals surface area contributed by atoms with E-state index in [1.54, 1.807) is 16.7 Å². The van der Waals surface area contributed by atoms with Crippen LogP contribution in [0.15, 0.2) is 54.6 Å². The van der Waals surface area contributed by atoms with Gasteiger partial charge >= 0.3 is 0 Å². The van der Waals surface area contributed by atoms with Crippen LogP contribution >= 0.6 is 11.8 Å². The van der Waals surface area contributed by atoms with Crippen LogP contribution in [0, 0.1) is 6.92 Å². The Hall–Kier alpha value is -2.27. The summed E-state index contributed by atoms with van der Waals surface area (Å²) in [4.78, 5) is 27.7. The van der Waals surface area contributed by atoms with E-state index in [9.17, 15) is 9.59 Å². The van der Waals surface area contributed by atoms with Gasteiger partial charge in [0.1, 0.15) is 6.04 Å². The normalized spacial score (nSPS) is 15.0. The highest BCUT2D eigenvalue weighted by Gasteiger charge is 2.28. The summed E-state index contributed by atoms with van der Waals surface area (Å²) >= 11 is 1.60. The number of aryl methyl sites for hydroxylation is 1. The van der Waals surface area contributed by atoms with Crippen LogP contribution in [-0.2, 0) is 21.9 Å². The third-order valence-corrected chi connectivity index (χ3v) is 6.63. The molecule has 0 aromatic heterocycles. The zero-order valence-corrected chi connectivity index (χ0v) is 18.8. The highest BCUT2D eigenvalue weighted by molar-refractivity contribution is 7.99. The van der Waals surface area contributed by atoms with Crippen LogP contribution in [0.5, 0.6) is 0 Å². The molecule has 30 heavy (non-hydrogen) atoms. The Morgan fingerprint density at radius 3 is 2.47 bits per heavy atom. The van der Waals surface area contributed by atoms with Gasteiger partial charge in [0.15, 0.2) is 0 Å². The van der Waals surface area contributed by atoms with Crippen molar-refractivity contribution in [2.45, 2.75) is 63.9 Å². The van der Waals surface area contributed by atoms with E-state index >= 15 is 0 Å². The van der Waals surface area contributed by atoms with Crippen LogP contribution in [0.4, 0.5) is 0 Å². The van der Waals surface area contributed by atoms with Gasteiger partial charge in [0.25, 0.3) is 0 Å². The molecule has 0 spiro atoms. The van der Waals surface area contributed by atoms with E-state index < -0.39 is 6.04 Å². The smallest absolute Gasteiger partial charge is 0.242 e. The second-order valence-electron chi connectivity index (χ2n) is 8.16. The Morgan fingerprint density at radius 2 is 1.77 bits per heavy atom. The van der Waals surface area contributed by atoms with Crippen molar-refractivity contribution in [1.29, 1.82) is 0 Å². The van der Waals surface area contributed by atoms with Crippen LogP contribution in [0.25, 0.3) is 0 Å². The number of nitrogens with zero attached hydrogens (tertiary/aromatic N) is 1. The average Bonchev–Trinajstić information content (AvgIpc) is 3.25. The average molecular weight is 425 g/mol. The topological polar surface area (TPSA) is 49.4 Å². The standard InChI is InChI=1S/C25H32N2O2S/c1-19-9-8-12-22(15-19)16-27(20(2)25(29)26-23-13-6-7-14-23)24(28)18-30-17-21-10-4-3-5-11-21/h3-5,8-12,15,20,23H,6-7,13-14,16-18H2,1-2H3,(H,26,29)/t20-/m1/s1. The van der Waals surface area contributed by atoms with Gasteiger partial charge < -0.3 is 10.2 Å².